The molecule has 1 atom stereocenters. The number of amides is 2. The summed E-state index contributed by atoms with van der Waals surface area (Å²) in [5.41, 5.74) is 1.35. The SMILES string of the molecule is COc1cc2cc3c(cc2cc1OCCN1CCN(C(C)=O)CC1)C(=O)N1CCC[C@H]1C=N3. The Hall–Kier alpha value is -3.13. The van der Waals surface area contributed by atoms with Gasteiger partial charge in [-0.05, 0) is 47.9 Å². The van der Waals surface area contributed by atoms with Gasteiger partial charge in [-0.2, -0.15) is 0 Å². The lowest BCUT2D eigenvalue weighted by atomic mass is 10.0. The van der Waals surface area contributed by atoms with Crippen molar-refractivity contribution in [2.75, 3.05) is 53.0 Å². The minimum Gasteiger partial charge on any atom is -0.493 e. The minimum absolute atomic E-state index is 0.0508. The number of methoxy groups -OCH3 is 1. The Morgan fingerprint density at radius 1 is 1.06 bits per heavy atom. The predicted octanol–water partition coefficient (Wildman–Crippen LogP) is 2.71. The lowest BCUT2D eigenvalue weighted by molar-refractivity contribution is -0.130. The monoisotopic (exact) mass is 450 g/mol. The van der Waals surface area contributed by atoms with Crippen LogP contribution in [0.3, 0.4) is 0 Å². The Morgan fingerprint density at radius 3 is 2.58 bits per heavy atom. The molecule has 8 nitrogen and oxygen atoms in total. The maximum absolute atomic E-state index is 13.1. The number of hydrogen-bond acceptors (Lipinski definition) is 6. The van der Waals surface area contributed by atoms with Crippen LogP contribution in [0.5, 0.6) is 11.5 Å². The van der Waals surface area contributed by atoms with Crippen molar-refractivity contribution in [1.29, 1.82) is 0 Å². The molecule has 0 saturated carbocycles. The average Bonchev–Trinajstić information content (AvgIpc) is 3.26. The molecule has 0 unspecified atom stereocenters. The molecule has 3 aliphatic rings. The van der Waals surface area contributed by atoms with Crippen LogP contribution in [0.25, 0.3) is 10.8 Å². The number of carbonyl (C=O) groups is 2. The van der Waals surface area contributed by atoms with Gasteiger partial charge in [0.25, 0.3) is 5.91 Å². The lowest BCUT2D eigenvalue weighted by Gasteiger charge is -2.34. The zero-order valence-electron chi connectivity index (χ0n) is 19.2. The van der Waals surface area contributed by atoms with Gasteiger partial charge in [0, 0.05) is 52.4 Å². The first-order valence-electron chi connectivity index (χ1n) is 11.6. The second-order valence-corrected chi connectivity index (χ2v) is 8.90. The lowest BCUT2D eigenvalue weighted by Crippen LogP contribution is -2.48. The van der Waals surface area contributed by atoms with Gasteiger partial charge >= 0.3 is 0 Å². The van der Waals surface area contributed by atoms with Crippen LogP contribution in [0.4, 0.5) is 5.69 Å². The quantitative estimate of drug-likeness (QED) is 0.700. The number of carbonyl (C=O) groups excluding carboxylic acids is 2. The molecule has 5 rings (SSSR count). The van der Waals surface area contributed by atoms with Crippen molar-refractivity contribution >= 4 is 34.5 Å². The smallest absolute Gasteiger partial charge is 0.256 e. The Labute approximate surface area is 193 Å². The third-order valence-electron chi connectivity index (χ3n) is 6.90. The van der Waals surface area contributed by atoms with Crippen molar-refractivity contribution in [2.45, 2.75) is 25.8 Å². The summed E-state index contributed by atoms with van der Waals surface area (Å²) in [5.74, 6) is 1.51. The molecule has 0 spiro atoms. The zero-order valence-corrected chi connectivity index (χ0v) is 19.2. The van der Waals surface area contributed by atoms with E-state index in [9.17, 15) is 9.59 Å². The van der Waals surface area contributed by atoms with Crippen molar-refractivity contribution in [2.24, 2.45) is 4.99 Å². The Kier molecular flexibility index (Phi) is 5.93. The Bertz CT molecular complexity index is 1110. The van der Waals surface area contributed by atoms with Crippen LogP contribution in [-0.2, 0) is 4.79 Å². The molecule has 0 aromatic heterocycles. The topological polar surface area (TPSA) is 74.7 Å². The highest BCUT2D eigenvalue weighted by Gasteiger charge is 2.31. The second kappa shape index (κ2) is 9.02. The molecule has 2 aromatic rings. The first kappa shape index (κ1) is 21.7. The fourth-order valence-electron chi connectivity index (χ4n) is 4.94. The summed E-state index contributed by atoms with van der Waals surface area (Å²) in [6.07, 6.45) is 3.90. The van der Waals surface area contributed by atoms with Crippen LogP contribution in [0.2, 0.25) is 0 Å². The summed E-state index contributed by atoms with van der Waals surface area (Å²) >= 11 is 0. The van der Waals surface area contributed by atoms with E-state index in [1.165, 1.54) is 0 Å². The first-order valence-corrected chi connectivity index (χ1v) is 11.6. The summed E-state index contributed by atoms with van der Waals surface area (Å²) < 4.78 is 11.7. The molecule has 0 bridgehead atoms. The van der Waals surface area contributed by atoms with E-state index in [2.05, 4.69) is 9.89 Å². The summed E-state index contributed by atoms with van der Waals surface area (Å²) in [4.78, 5) is 35.4. The van der Waals surface area contributed by atoms with Gasteiger partial charge in [-0.25, -0.2) is 0 Å². The first-order chi connectivity index (χ1) is 16.0. The van der Waals surface area contributed by atoms with Crippen molar-refractivity contribution in [3.8, 4) is 11.5 Å². The van der Waals surface area contributed by atoms with Gasteiger partial charge < -0.3 is 19.3 Å². The number of rotatable bonds is 5. The molecule has 3 heterocycles. The van der Waals surface area contributed by atoms with Crippen molar-refractivity contribution in [3.05, 3.63) is 29.8 Å². The average molecular weight is 451 g/mol. The largest absolute Gasteiger partial charge is 0.493 e. The minimum atomic E-state index is 0.0508. The van der Waals surface area contributed by atoms with Gasteiger partial charge in [0.1, 0.15) is 6.61 Å². The molecule has 0 radical (unpaired) electrons. The molecular formula is C25H30N4O4. The van der Waals surface area contributed by atoms with E-state index in [0.29, 0.717) is 29.4 Å². The highest BCUT2D eigenvalue weighted by Crippen LogP contribution is 2.37. The Balaban J connectivity index is 1.33. The summed E-state index contributed by atoms with van der Waals surface area (Å²) in [6, 6.07) is 7.88. The standard InChI is InChI=1S/C25H30N4O4/c1-17(30)28-8-6-27(7-9-28)10-11-33-24-15-18-12-21-22(13-19(18)14-23(24)32-2)26-16-20-4-3-5-29(20)25(21)31/h12-16,20H,3-11H2,1-2H3/t20-/m0/s1. The van der Waals surface area contributed by atoms with Crippen LogP contribution in [0.15, 0.2) is 29.3 Å². The summed E-state index contributed by atoms with van der Waals surface area (Å²) in [7, 11) is 1.63. The number of ether oxygens (including phenoxy) is 2. The van der Waals surface area contributed by atoms with E-state index in [4.69, 9.17) is 9.47 Å². The molecule has 2 amide bonds. The predicted molar refractivity (Wildman–Crippen MR) is 127 cm³/mol. The molecule has 0 aliphatic carbocycles. The fraction of sp³-hybridized carbons (Fsp3) is 0.480. The molecular weight excluding hydrogens is 420 g/mol. The van der Waals surface area contributed by atoms with E-state index in [1.807, 2.05) is 40.3 Å². The third kappa shape index (κ3) is 4.27. The third-order valence-corrected chi connectivity index (χ3v) is 6.90. The maximum Gasteiger partial charge on any atom is 0.256 e. The molecule has 2 fully saturated rings. The second-order valence-electron chi connectivity index (χ2n) is 8.90. The van der Waals surface area contributed by atoms with Crippen molar-refractivity contribution < 1.29 is 19.1 Å². The van der Waals surface area contributed by atoms with Crippen LogP contribution >= 0.6 is 0 Å². The zero-order chi connectivity index (χ0) is 22.9. The van der Waals surface area contributed by atoms with Crippen molar-refractivity contribution in [3.63, 3.8) is 0 Å². The number of aliphatic imine (C=N–C) groups is 1. The summed E-state index contributed by atoms with van der Waals surface area (Å²) in [5, 5.41) is 1.89. The van der Waals surface area contributed by atoms with Crippen LogP contribution in [0, 0.1) is 0 Å². The number of piperazine rings is 1. The van der Waals surface area contributed by atoms with Gasteiger partial charge in [0.15, 0.2) is 11.5 Å². The Morgan fingerprint density at radius 2 is 1.82 bits per heavy atom. The summed E-state index contributed by atoms with van der Waals surface area (Å²) in [6.45, 7) is 6.92. The van der Waals surface area contributed by atoms with Gasteiger partial charge in [-0.1, -0.05) is 0 Å². The van der Waals surface area contributed by atoms with Crippen LogP contribution < -0.4 is 9.47 Å². The van der Waals surface area contributed by atoms with Crippen LogP contribution in [0.1, 0.15) is 30.1 Å². The van der Waals surface area contributed by atoms with E-state index >= 15 is 0 Å². The number of fused-ring (bicyclic) bond motifs is 3. The van der Waals surface area contributed by atoms with E-state index in [-0.39, 0.29) is 17.9 Å². The number of benzene rings is 2. The van der Waals surface area contributed by atoms with Gasteiger partial charge in [0.2, 0.25) is 5.91 Å². The molecule has 0 N–H and O–H groups in total. The van der Waals surface area contributed by atoms with E-state index in [0.717, 1.165) is 62.9 Å². The molecule has 2 aromatic carbocycles. The molecule has 174 valence electrons. The van der Waals surface area contributed by atoms with Gasteiger partial charge in [-0.3, -0.25) is 19.5 Å². The van der Waals surface area contributed by atoms with E-state index < -0.39 is 0 Å². The number of nitrogens with zero attached hydrogens (tertiary/aromatic N) is 4. The fourth-order valence-corrected chi connectivity index (χ4v) is 4.94. The van der Waals surface area contributed by atoms with E-state index in [1.54, 1.807) is 14.0 Å². The van der Waals surface area contributed by atoms with Crippen molar-refractivity contribution in [1.82, 2.24) is 14.7 Å². The van der Waals surface area contributed by atoms with Gasteiger partial charge in [0.05, 0.1) is 24.4 Å². The normalized spacial score (nSPS) is 20.5. The maximum atomic E-state index is 13.1. The molecule has 2 saturated heterocycles. The van der Waals surface area contributed by atoms with Gasteiger partial charge in [-0.15, -0.1) is 0 Å². The number of hydrogen-bond donors (Lipinski definition) is 0. The van der Waals surface area contributed by atoms with Crippen LogP contribution in [-0.4, -0.2) is 91.8 Å². The molecule has 33 heavy (non-hydrogen) atoms. The molecule has 3 aliphatic heterocycles. The highest BCUT2D eigenvalue weighted by atomic mass is 16.5. The highest BCUT2D eigenvalue weighted by molar-refractivity contribution is 6.07. The molecule has 8 heteroatoms.